The zero-order chi connectivity index (χ0) is 61.8. The van der Waals surface area contributed by atoms with E-state index in [9.17, 15) is 0 Å². The average Bonchev–Trinajstić information content (AvgIpc) is 0.870. The average molecular weight is 1720 g/mol. The SMILES string of the molecule is CC(C)(C)c1c[c-]c(-c2nccc3ccccc23)cc1.CC(C)(C)c1ccc(-c2cc(-c3ccc(C(C)(C)C)cc3)cc(-c3cc[c-]c(-c4nccc5ccccc45)c3)c2)cc1.CC(C)(C)c1ccc(-c2cc[c-]c(-c3nccc4ccccc34)c2)cc1.[Ir].[Ir].[Ir]. The van der Waals surface area contributed by atoms with E-state index in [-0.39, 0.29) is 82.0 Å². The Labute approximate surface area is 581 Å². The van der Waals surface area contributed by atoms with Gasteiger partial charge in [-0.05, 0) is 158 Å². The van der Waals surface area contributed by atoms with Crippen molar-refractivity contribution in [1.29, 1.82) is 0 Å². The Morgan fingerprint density at radius 3 is 0.879 bits per heavy atom. The van der Waals surface area contributed by atoms with Crippen LogP contribution in [0, 0.1) is 18.2 Å². The minimum absolute atomic E-state index is 0. The maximum atomic E-state index is 4.77. The molecule has 0 aliphatic rings. The molecule has 6 heteroatoms. The van der Waals surface area contributed by atoms with Crippen molar-refractivity contribution in [2.24, 2.45) is 0 Å². The van der Waals surface area contributed by atoms with Crippen LogP contribution < -0.4 is 0 Å². The van der Waals surface area contributed by atoms with Crippen LogP contribution in [0.2, 0.25) is 0 Å². The number of pyridine rings is 3. The molecule has 0 bridgehead atoms. The van der Waals surface area contributed by atoms with E-state index in [0.717, 1.165) is 50.1 Å². The molecule has 0 aliphatic heterocycles. The summed E-state index contributed by atoms with van der Waals surface area (Å²) in [6.45, 7) is 26.9. The number of hydrogen-bond acceptors (Lipinski definition) is 3. The normalized spacial score (nSPS) is 11.5. The molecule has 0 amide bonds. The fraction of sp³-hybridized carbons (Fsp3) is 0.188. The van der Waals surface area contributed by atoms with Gasteiger partial charge in [-0.15, -0.1) is 106 Å². The second-order valence-electron chi connectivity index (χ2n) is 27.1. The van der Waals surface area contributed by atoms with E-state index in [1.54, 1.807) is 0 Å². The van der Waals surface area contributed by atoms with Crippen molar-refractivity contribution in [3.8, 4) is 78.3 Å². The molecular formula is C85H78Ir3N3-3. The minimum Gasteiger partial charge on any atom is -0.304 e. The van der Waals surface area contributed by atoms with Gasteiger partial charge in [0.2, 0.25) is 0 Å². The van der Waals surface area contributed by atoms with Gasteiger partial charge in [-0.1, -0.05) is 229 Å². The predicted octanol–water partition coefficient (Wildman–Crippen LogP) is 23.0. The molecule has 3 nitrogen and oxygen atoms in total. The summed E-state index contributed by atoms with van der Waals surface area (Å²) in [6.07, 6.45) is 5.62. The molecule has 0 aliphatic carbocycles. The van der Waals surface area contributed by atoms with Gasteiger partial charge in [0.1, 0.15) is 0 Å². The molecular weight excluding hydrogens is 1640 g/mol. The summed E-state index contributed by atoms with van der Waals surface area (Å²) in [5, 5.41) is 7.07. The summed E-state index contributed by atoms with van der Waals surface area (Å²) in [7, 11) is 0. The molecule has 0 spiro atoms. The van der Waals surface area contributed by atoms with Crippen molar-refractivity contribution >= 4 is 32.3 Å². The first-order valence-electron chi connectivity index (χ1n) is 30.7. The van der Waals surface area contributed by atoms with Gasteiger partial charge in [-0.25, -0.2) is 0 Å². The Balaban J connectivity index is 0.000000187. The molecule has 3 aromatic heterocycles. The van der Waals surface area contributed by atoms with Crippen LogP contribution in [-0.4, -0.2) is 15.0 Å². The Morgan fingerprint density at radius 2 is 0.549 bits per heavy atom. The molecule has 0 atom stereocenters. The smallest absolute Gasteiger partial charge is 0.0167 e. The summed E-state index contributed by atoms with van der Waals surface area (Å²) in [5.41, 5.74) is 21.5. The summed E-state index contributed by atoms with van der Waals surface area (Å²) >= 11 is 0. The zero-order valence-electron chi connectivity index (χ0n) is 54.1. The molecule has 0 unspecified atom stereocenters. The van der Waals surface area contributed by atoms with E-state index >= 15 is 0 Å². The Bertz CT molecular complexity index is 4470. The van der Waals surface area contributed by atoms with E-state index in [1.165, 1.54) is 82.7 Å². The third-order valence-electron chi connectivity index (χ3n) is 16.6. The monoisotopic (exact) mass is 1720 g/mol. The van der Waals surface area contributed by atoms with Gasteiger partial charge in [0.25, 0.3) is 0 Å². The number of fused-ring (bicyclic) bond motifs is 3. The maximum absolute atomic E-state index is 4.77. The molecule has 0 saturated heterocycles. The van der Waals surface area contributed by atoms with Gasteiger partial charge in [0.15, 0.2) is 0 Å². The van der Waals surface area contributed by atoms with Gasteiger partial charge >= 0.3 is 0 Å². The van der Waals surface area contributed by atoms with Crippen LogP contribution in [-0.2, 0) is 82.0 Å². The van der Waals surface area contributed by atoms with Gasteiger partial charge in [-0.3, -0.25) is 0 Å². The van der Waals surface area contributed by atoms with Gasteiger partial charge in [0.05, 0.1) is 0 Å². The summed E-state index contributed by atoms with van der Waals surface area (Å²) < 4.78 is 0. The zero-order valence-corrected chi connectivity index (χ0v) is 61.3. The molecule has 13 rings (SSSR count). The van der Waals surface area contributed by atoms with Crippen LogP contribution in [0.25, 0.3) is 111 Å². The first-order chi connectivity index (χ1) is 42.1. The van der Waals surface area contributed by atoms with Gasteiger partial charge in [-0.2, -0.15) is 0 Å². The Hall–Kier alpha value is -7.62. The number of benzene rings is 10. The second kappa shape index (κ2) is 29.3. The molecule has 3 radical (unpaired) electrons. The molecule has 3 heterocycles. The number of hydrogen-bond donors (Lipinski definition) is 0. The van der Waals surface area contributed by atoms with E-state index in [4.69, 9.17) is 4.98 Å². The van der Waals surface area contributed by atoms with Crippen LogP contribution >= 0.6 is 0 Å². The fourth-order valence-electron chi connectivity index (χ4n) is 11.2. The maximum Gasteiger partial charge on any atom is 0.0167 e. The Morgan fingerprint density at radius 1 is 0.253 bits per heavy atom. The standard InChI is InChI=1S/C41H38N.C25H22N.C19H18N.3Ir/c1-40(2,3)36-18-14-28(15-19-36)33-25-34(29-16-20-37(21-17-29)41(4,5)6)27-35(26-33)31-11-9-12-32(24-31)39-38-13-8-7-10-30(38)22-23-42-39;1-25(2,3)22-13-11-18(12-14-22)20-8-6-9-21(17-20)24-23-10-5-4-7-19(23)15-16-26-24;1-19(2,3)16-10-8-15(9-11-16)18-17-7-5-4-6-14(17)12-13-20-18;;;/h7-11,13-27H,1-6H3;4-8,10-17H,1-3H3;4-8,10-13H,1-3H3;;;/q3*-1;;;. The number of aromatic nitrogens is 3. The Kier molecular flexibility index (Phi) is 22.3. The molecule has 13 aromatic rings. The summed E-state index contributed by atoms with van der Waals surface area (Å²) in [5.74, 6) is 0. The van der Waals surface area contributed by atoms with E-state index in [0.29, 0.717) is 0 Å². The number of nitrogens with zero attached hydrogens (tertiary/aromatic N) is 3. The molecule has 0 N–H and O–H groups in total. The van der Waals surface area contributed by atoms with Gasteiger partial charge < -0.3 is 15.0 Å². The largest absolute Gasteiger partial charge is 0.304 e. The minimum atomic E-state index is 0. The quantitative estimate of drug-likeness (QED) is 0.149. The number of rotatable bonds is 7. The van der Waals surface area contributed by atoms with Crippen LogP contribution in [0.3, 0.4) is 0 Å². The second-order valence-corrected chi connectivity index (χ2v) is 27.1. The van der Waals surface area contributed by atoms with Crippen molar-refractivity contribution in [2.75, 3.05) is 0 Å². The van der Waals surface area contributed by atoms with Crippen molar-refractivity contribution in [3.05, 3.63) is 296 Å². The van der Waals surface area contributed by atoms with E-state index in [1.807, 2.05) is 42.9 Å². The van der Waals surface area contributed by atoms with E-state index in [2.05, 4.69) is 324 Å². The van der Waals surface area contributed by atoms with Crippen LogP contribution in [0.5, 0.6) is 0 Å². The van der Waals surface area contributed by atoms with Crippen LogP contribution in [0.15, 0.2) is 255 Å². The molecule has 0 saturated carbocycles. The topological polar surface area (TPSA) is 38.7 Å². The summed E-state index contributed by atoms with van der Waals surface area (Å²) in [6, 6.07) is 94.5. The van der Waals surface area contributed by atoms with Crippen LogP contribution in [0.1, 0.15) is 105 Å². The molecule has 0 fully saturated rings. The van der Waals surface area contributed by atoms with Gasteiger partial charge in [0, 0.05) is 78.9 Å². The summed E-state index contributed by atoms with van der Waals surface area (Å²) in [4.78, 5) is 13.9. The molecule has 10 aromatic carbocycles. The molecule has 91 heavy (non-hydrogen) atoms. The van der Waals surface area contributed by atoms with E-state index < -0.39 is 0 Å². The third kappa shape index (κ3) is 16.5. The van der Waals surface area contributed by atoms with Crippen LogP contribution in [0.4, 0.5) is 0 Å². The van der Waals surface area contributed by atoms with Crippen molar-refractivity contribution < 1.29 is 60.3 Å². The predicted molar refractivity (Wildman–Crippen MR) is 375 cm³/mol. The first kappa shape index (κ1) is 69.3. The van der Waals surface area contributed by atoms with Crippen molar-refractivity contribution in [2.45, 2.75) is 105 Å². The molecule has 463 valence electrons. The van der Waals surface area contributed by atoms with Crippen molar-refractivity contribution in [3.63, 3.8) is 0 Å². The fourth-order valence-corrected chi connectivity index (χ4v) is 11.2. The van der Waals surface area contributed by atoms with Crippen molar-refractivity contribution in [1.82, 2.24) is 15.0 Å². The third-order valence-corrected chi connectivity index (χ3v) is 16.6. The first-order valence-corrected chi connectivity index (χ1v) is 30.7.